The second-order valence-electron chi connectivity index (χ2n) is 3.83. The fourth-order valence-electron chi connectivity index (χ4n) is 1.52. The Bertz CT molecular complexity index is 317. The molecule has 0 saturated heterocycles. The highest BCUT2D eigenvalue weighted by atomic mass is 16.1. The van der Waals surface area contributed by atoms with E-state index in [0.29, 0.717) is 12.8 Å². The van der Waals surface area contributed by atoms with E-state index in [1.807, 2.05) is 30.3 Å². The van der Waals surface area contributed by atoms with E-state index in [0.717, 1.165) is 18.3 Å². The van der Waals surface area contributed by atoms with Gasteiger partial charge in [0.15, 0.2) is 0 Å². The van der Waals surface area contributed by atoms with Crippen LogP contribution in [-0.2, 0) is 16.0 Å². The predicted molar refractivity (Wildman–Crippen MR) is 59.6 cm³/mol. The summed E-state index contributed by atoms with van der Waals surface area (Å²) in [6.45, 7) is 1.56. The van der Waals surface area contributed by atoms with E-state index >= 15 is 0 Å². The molecular weight excluding hydrogens is 188 g/mol. The molecule has 0 aliphatic carbocycles. The van der Waals surface area contributed by atoms with E-state index in [9.17, 15) is 9.59 Å². The molecule has 1 atom stereocenters. The Labute approximate surface area is 90.3 Å². The summed E-state index contributed by atoms with van der Waals surface area (Å²) in [6, 6.07) is 9.88. The smallest absolute Gasteiger partial charge is 0.129 e. The van der Waals surface area contributed by atoms with Gasteiger partial charge in [-0.2, -0.15) is 0 Å². The number of hydrogen-bond acceptors (Lipinski definition) is 2. The molecule has 0 saturated carbocycles. The molecular formula is C13H16O2. The molecule has 0 amide bonds. The maximum Gasteiger partial charge on any atom is 0.129 e. The summed E-state index contributed by atoms with van der Waals surface area (Å²) in [5.74, 6) is 0.117. The van der Waals surface area contributed by atoms with Gasteiger partial charge in [0.25, 0.3) is 0 Å². The second-order valence-corrected chi connectivity index (χ2v) is 3.83. The van der Waals surface area contributed by atoms with Gasteiger partial charge in [-0.3, -0.25) is 0 Å². The highest BCUT2D eigenvalue weighted by Crippen LogP contribution is 2.12. The molecule has 0 aliphatic rings. The summed E-state index contributed by atoms with van der Waals surface area (Å²) in [5, 5.41) is 0. The Morgan fingerprint density at radius 2 is 2.00 bits per heavy atom. The molecule has 2 heteroatoms. The monoisotopic (exact) mass is 204 g/mol. The van der Waals surface area contributed by atoms with Crippen molar-refractivity contribution in [2.75, 3.05) is 0 Å². The molecule has 0 spiro atoms. The zero-order chi connectivity index (χ0) is 11.1. The van der Waals surface area contributed by atoms with Crippen LogP contribution in [0, 0.1) is 5.92 Å². The molecule has 1 aromatic carbocycles. The van der Waals surface area contributed by atoms with Crippen LogP contribution in [0.1, 0.15) is 25.3 Å². The van der Waals surface area contributed by atoms with Crippen molar-refractivity contribution in [3.63, 3.8) is 0 Å². The van der Waals surface area contributed by atoms with Crippen LogP contribution < -0.4 is 0 Å². The molecule has 0 fully saturated rings. The average molecular weight is 204 g/mol. The van der Waals surface area contributed by atoms with E-state index in [4.69, 9.17) is 0 Å². The van der Waals surface area contributed by atoms with Crippen molar-refractivity contribution in [2.45, 2.75) is 26.2 Å². The molecule has 15 heavy (non-hydrogen) atoms. The van der Waals surface area contributed by atoms with Crippen LogP contribution >= 0.6 is 0 Å². The van der Waals surface area contributed by atoms with E-state index in [1.54, 1.807) is 6.92 Å². The largest absolute Gasteiger partial charge is 0.303 e. The SMILES string of the molecule is CC(=O)CCC(C=O)Cc1ccccc1. The Kier molecular flexibility index (Phi) is 4.75. The van der Waals surface area contributed by atoms with Crippen LogP contribution in [0.25, 0.3) is 0 Å². The van der Waals surface area contributed by atoms with Crippen LogP contribution in [-0.4, -0.2) is 12.1 Å². The Balaban J connectivity index is 2.47. The van der Waals surface area contributed by atoms with E-state index in [2.05, 4.69) is 0 Å². The Hall–Kier alpha value is -1.44. The summed E-state index contributed by atoms with van der Waals surface area (Å²) >= 11 is 0. The van der Waals surface area contributed by atoms with Crippen molar-refractivity contribution in [1.82, 2.24) is 0 Å². The molecule has 0 aromatic heterocycles. The van der Waals surface area contributed by atoms with Crippen molar-refractivity contribution in [3.8, 4) is 0 Å². The summed E-state index contributed by atoms with van der Waals surface area (Å²) < 4.78 is 0. The number of ketones is 1. The first-order valence-electron chi connectivity index (χ1n) is 5.21. The highest BCUT2D eigenvalue weighted by molar-refractivity contribution is 5.75. The minimum absolute atomic E-state index is 0.0312. The van der Waals surface area contributed by atoms with E-state index < -0.39 is 0 Å². The summed E-state index contributed by atoms with van der Waals surface area (Å²) in [7, 11) is 0. The van der Waals surface area contributed by atoms with Crippen LogP contribution in [0.2, 0.25) is 0 Å². The number of Topliss-reactive ketones (excluding diaryl/α,β-unsaturated/α-hetero) is 1. The number of carbonyl (C=O) groups is 2. The van der Waals surface area contributed by atoms with Gasteiger partial charge in [0.05, 0.1) is 0 Å². The highest BCUT2D eigenvalue weighted by Gasteiger charge is 2.09. The van der Waals surface area contributed by atoms with E-state index in [1.165, 1.54) is 0 Å². The second kappa shape index (κ2) is 6.12. The number of rotatable bonds is 6. The zero-order valence-electron chi connectivity index (χ0n) is 8.98. The lowest BCUT2D eigenvalue weighted by Gasteiger charge is -2.08. The van der Waals surface area contributed by atoms with Gasteiger partial charge in [0.1, 0.15) is 12.1 Å². The molecule has 1 unspecified atom stereocenters. The molecule has 0 aliphatic heterocycles. The molecule has 0 heterocycles. The lowest BCUT2D eigenvalue weighted by Crippen LogP contribution is -2.08. The quantitative estimate of drug-likeness (QED) is 0.667. The van der Waals surface area contributed by atoms with Gasteiger partial charge < -0.3 is 9.59 Å². The Morgan fingerprint density at radius 1 is 1.33 bits per heavy atom. The number of benzene rings is 1. The predicted octanol–water partition coefficient (Wildman–Crippen LogP) is 2.41. The van der Waals surface area contributed by atoms with Gasteiger partial charge in [-0.1, -0.05) is 30.3 Å². The lowest BCUT2D eigenvalue weighted by atomic mass is 9.95. The fourth-order valence-corrected chi connectivity index (χ4v) is 1.52. The summed E-state index contributed by atoms with van der Waals surface area (Å²) in [6.07, 6.45) is 2.84. The van der Waals surface area contributed by atoms with Crippen LogP contribution in [0.4, 0.5) is 0 Å². The zero-order valence-corrected chi connectivity index (χ0v) is 8.98. The van der Waals surface area contributed by atoms with Gasteiger partial charge in [0.2, 0.25) is 0 Å². The van der Waals surface area contributed by atoms with Crippen LogP contribution in [0.3, 0.4) is 0 Å². The van der Waals surface area contributed by atoms with Gasteiger partial charge in [-0.05, 0) is 25.3 Å². The minimum atomic E-state index is -0.0312. The van der Waals surface area contributed by atoms with Gasteiger partial charge in [-0.25, -0.2) is 0 Å². The van der Waals surface area contributed by atoms with Gasteiger partial charge in [0, 0.05) is 12.3 Å². The first kappa shape index (κ1) is 11.6. The summed E-state index contributed by atoms with van der Waals surface area (Å²) in [4.78, 5) is 21.6. The molecule has 1 rings (SSSR count). The molecule has 0 radical (unpaired) electrons. The fraction of sp³-hybridized carbons (Fsp3) is 0.385. The third kappa shape index (κ3) is 4.54. The average Bonchev–Trinajstić information content (AvgIpc) is 2.25. The maximum atomic E-state index is 10.8. The first-order valence-corrected chi connectivity index (χ1v) is 5.21. The maximum absolute atomic E-state index is 10.8. The van der Waals surface area contributed by atoms with E-state index in [-0.39, 0.29) is 11.7 Å². The van der Waals surface area contributed by atoms with Crippen molar-refractivity contribution in [2.24, 2.45) is 5.92 Å². The molecule has 0 N–H and O–H groups in total. The van der Waals surface area contributed by atoms with Crippen molar-refractivity contribution >= 4 is 12.1 Å². The van der Waals surface area contributed by atoms with Crippen LogP contribution in [0.15, 0.2) is 30.3 Å². The topological polar surface area (TPSA) is 34.1 Å². The standard InChI is InChI=1S/C13H16O2/c1-11(15)7-8-13(10-14)9-12-5-3-2-4-6-12/h2-6,10,13H,7-9H2,1H3. The minimum Gasteiger partial charge on any atom is -0.303 e. The normalized spacial score (nSPS) is 12.1. The first-order chi connectivity index (χ1) is 7.22. The molecule has 80 valence electrons. The molecule has 2 nitrogen and oxygen atoms in total. The summed E-state index contributed by atoms with van der Waals surface area (Å²) in [5.41, 5.74) is 1.15. The van der Waals surface area contributed by atoms with Gasteiger partial charge in [-0.15, -0.1) is 0 Å². The number of carbonyl (C=O) groups excluding carboxylic acids is 2. The van der Waals surface area contributed by atoms with Crippen molar-refractivity contribution in [1.29, 1.82) is 0 Å². The van der Waals surface area contributed by atoms with Crippen LogP contribution in [0.5, 0.6) is 0 Å². The lowest BCUT2D eigenvalue weighted by molar-refractivity contribution is -0.117. The Morgan fingerprint density at radius 3 is 2.53 bits per heavy atom. The third-order valence-corrected chi connectivity index (χ3v) is 2.40. The number of hydrogen-bond donors (Lipinski definition) is 0. The molecule has 1 aromatic rings. The number of aldehydes is 1. The molecule has 0 bridgehead atoms. The van der Waals surface area contributed by atoms with Gasteiger partial charge >= 0.3 is 0 Å². The van der Waals surface area contributed by atoms with Crippen molar-refractivity contribution in [3.05, 3.63) is 35.9 Å². The third-order valence-electron chi connectivity index (χ3n) is 2.40. The van der Waals surface area contributed by atoms with Crippen molar-refractivity contribution < 1.29 is 9.59 Å².